The molecular formula is C16H5Cl3F3N7O. The van der Waals surface area contributed by atoms with E-state index in [1.165, 1.54) is 0 Å². The SMILES string of the molecule is N#Cc1nc(-c2c(C(N)=O)nn(-c3c(Cl)cc(C(F)(F)F)cc3Cl)c2Cl)[nH]c1C#N. The van der Waals surface area contributed by atoms with Crippen molar-refractivity contribution in [2.75, 3.05) is 0 Å². The van der Waals surface area contributed by atoms with Gasteiger partial charge in [0.15, 0.2) is 17.1 Å². The molecule has 0 aliphatic carbocycles. The van der Waals surface area contributed by atoms with Crippen LogP contribution in [0.25, 0.3) is 17.1 Å². The Morgan fingerprint density at radius 2 is 1.77 bits per heavy atom. The van der Waals surface area contributed by atoms with Crippen LogP contribution >= 0.6 is 34.8 Å². The molecule has 3 N–H and O–H groups in total. The number of hydrogen-bond donors (Lipinski definition) is 2. The number of nitrogens with one attached hydrogen (secondary N) is 1. The highest BCUT2D eigenvalue weighted by molar-refractivity contribution is 6.38. The second-order valence-corrected chi connectivity index (χ2v) is 6.78. The van der Waals surface area contributed by atoms with Crippen LogP contribution in [0.3, 0.4) is 0 Å². The van der Waals surface area contributed by atoms with E-state index in [-0.39, 0.29) is 33.6 Å². The lowest BCUT2D eigenvalue weighted by Gasteiger charge is -2.13. The molecule has 0 aliphatic rings. The van der Waals surface area contributed by atoms with Crippen LogP contribution in [0.5, 0.6) is 0 Å². The van der Waals surface area contributed by atoms with Crippen LogP contribution < -0.4 is 5.73 Å². The van der Waals surface area contributed by atoms with Gasteiger partial charge in [0, 0.05) is 0 Å². The molecule has 0 unspecified atom stereocenters. The maximum Gasteiger partial charge on any atom is 0.416 e. The topological polar surface area (TPSA) is 137 Å². The fourth-order valence-electron chi connectivity index (χ4n) is 2.51. The molecule has 0 saturated heterocycles. The Kier molecular flexibility index (Phi) is 5.39. The summed E-state index contributed by atoms with van der Waals surface area (Å²) in [5.41, 5.74) is 2.82. The molecule has 0 saturated carbocycles. The minimum absolute atomic E-state index is 0.188. The number of alkyl halides is 3. The smallest absolute Gasteiger partial charge is 0.364 e. The highest BCUT2D eigenvalue weighted by atomic mass is 35.5. The van der Waals surface area contributed by atoms with Crippen LogP contribution in [-0.2, 0) is 6.18 Å². The van der Waals surface area contributed by atoms with Gasteiger partial charge in [-0.05, 0) is 12.1 Å². The molecule has 14 heteroatoms. The summed E-state index contributed by atoms with van der Waals surface area (Å²) in [5, 5.41) is 20.7. The molecule has 0 radical (unpaired) electrons. The first-order valence-electron chi connectivity index (χ1n) is 7.55. The van der Waals surface area contributed by atoms with Crippen molar-refractivity contribution in [3.8, 4) is 29.2 Å². The van der Waals surface area contributed by atoms with E-state index in [2.05, 4.69) is 15.1 Å². The molecule has 0 spiro atoms. The van der Waals surface area contributed by atoms with Crippen molar-refractivity contribution in [1.82, 2.24) is 19.7 Å². The summed E-state index contributed by atoms with van der Waals surface area (Å²) < 4.78 is 39.7. The first-order valence-corrected chi connectivity index (χ1v) is 8.68. The van der Waals surface area contributed by atoms with Crippen LogP contribution in [0.1, 0.15) is 27.4 Å². The van der Waals surface area contributed by atoms with Gasteiger partial charge in [-0.2, -0.15) is 28.8 Å². The Morgan fingerprint density at radius 1 is 1.17 bits per heavy atom. The molecule has 0 atom stereocenters. The number of rotatable bonds is 3. The van der Waals surface area contributed by atoms with Gasteiger partial charge in [-0.3, -0.25) is 4.79 Å². The maximum atomic E-state index is 13.0. The summed E-state index contributed by atoms with van der Waals surface area (Å²) in [6.07, 6.45) is -4.71. The first-order chi connectivity index (χ1) is 14.0. The largest absolute Gasteiger partial charge is 0.416 e. The lowest BCUT2D eigenvalue weighted by Crippen LogP contribution is -2.14. The van der Waals surface area contributed by atoms with Crippen LogP contribution in [0.4, 0.5) is 13.2 Å². The quantitative estimate of drug-likeness (QED) is 0.589. The molecule has 1 aromatic carbocycles. The van der Waals surface area contributed by atoms with Gasteiger partial charge in [-0.1, -0.05) is 34.8 Å². The average molecular weight is 475 g/mol. The summed E-state index contributed by atoms with van der Waals surface area (Å²) in [6, 6.07) is 4.61. The molecule has 2 heterocycles. The van der Waals surface area contributed by atoms with Gasteiger partial charge in [-0.25, -0.2) is 9.67 Å². The van der Waals surface area contributed by atoms with Gasteiger partial charge < -0.3 is 10.7 Å². The van der Waals surface area contributed by atoms with E-state index in [9.17, 15) is 18.0 Å². The van der Waals surface area contributed by atoms with Crippen molar-refractivity contribution in [3.05, 3.63) is 50.0 Å². The summed E-state index contributed by atoms with van der Waals surface area (Å²) >= 11 is 18.2. The Morgan fingerprint density at radius 3 is 2.20 bits per heavy atom. The van der Waals surface area contributed by atoms with Crippen molar-refractivity contribution in [2.24, 2.45) is 5.73 Å². The Balaban J connectivity index is 2.30. The van der Waals surface area contributed by atoms with E-state index in [0.717, 1.165) is 4.68 Å². The average Bonchev–Trinajstić information content (AvgIpc) is 3.21. The number of nitrogens with two attached hydrogens (primary N) is 1. The lowest BCUT2D eigenvalue weighted by atomic mass is 10.2. The predicted octanol–water partition coefficient (Wildman–Crippen LogP) is 4.08. The number of aromatic amines is 1. The van der Waals surface area contributed by atoms with Crippen LogP contribution in [0.2, 0.25) is 15.2 Å². The summed E-state index contributed by atoms with van der Waals surface area (Å²) in [6.45, 7) is 0. The molecule has 30 heavy (non-hydrogen) atoms. The van der Waals surface area contributed by atoms with Gasteiger partial charge in [0.05, 0.1) is 21.2 Å². The predicted molar refractivity (Wildman–Crippen MR) is 99.1 cm³/mol. The summed E-state index contributed by atoms with van der Waals surface area (Å²) in [7, 11) is 0. The van der Waals surface area contributed by atoms with Gasteiger partial charge >= 0.3 is 6.18 Å². The number of carbonyl (C=O) groups is 1. The van der Waals surface area contributed by atoms with E-state index >= 15 is 0 Å². The number of benzene rings is 1. The van der Waals surface area contributed by atoms with Crippen molar-refractivity contribution < 1.29 is 18.0 Å². The van der Waals surface area contributed by atoms with Crippen molar-refractivity contribution in [1.29, 1.82) is 10.5 Å². The number of nitrogens with zero attached hydrogens (tertiary/aromatic N) is 5. The maximum absolute atomic E-state index is 13.0. The van der Waals surface area contributed by atoms with Crippen molar-refractivity contribution >= 4 is 40.7 Å². The third kappa shape index (κ3) is 3.55. The van der Waals surface area contributed by atoms with Gasteiger partial charge in [0.2, 0.25) is 0 Å². The minimum Gasteiger partial charge on any atom is -0.364 e. The zero-order chi connectivity index (χ0) is 22.4. The fourth-order valence-corrected chi connectivity index (χ4v) is 3.46. The van der Waals surface area contributed by atoms with Crippen LogP contribution in [0.15, 0.2) is 12.1 Å². The Hall–Kier alpha value is -3.25. The van der Waals surface area contributed by atoms with Crippen molar-refractivity contribution in [3.63, 3.8) is 0 Å². The van der Waals surface area contributed by atoms with E-state index in [0.29, 0.717) is 12.1 Å². The van der Waals surface area contributed by atoms with Crippen LogP contribution in [0, 0.1) is 22.7 Å². The minimum atomic E-state index is -4.71. The Bertz CT molecular complexity index is 1230. The molecule has 1 amide bonds. The number of nitriles is 2. The number of primary amides is 1. The second kappa shape index (κ2) is 7.54. The molecule has 2 aromatic heterocycles. The van der Waals surface area contributed by atoms with E-state index in [1.807, 2.05) is 0 Å². The van der Waals surface area contributed by atoms with E-state index in [1.54, 1.807) is 12.1 Å². The number of imidazole rings is 1. The first kappa shape index (κ1) is 21.5. The molecule has 152 valence electrons. The van der Waals surface area contributed by atoms with Gasteiger partial charge in [-0.15, -0.1) is 0 Å². The lowest BCUT2D eigenvalue weighted by molar-refractivity contribution is -0.137. The number of amides is 1. The summed E-state index contributed by atoms with van der Waals surface area (Å²) in [4.78, 5) is 18.3. The number of H-pyrrole nitrogens is 1. The molecule has 0 aliphatic heterocycles. The summed E-state index contributed by atoms with van der Waals surface area (Å²) in [5.74, 6) is -1.26. The standard InChI is InChI=1S/C16H5Cl3F3N7O/c17-6-1-5(16(20,21)22)2-7(18)12(6)29-13(19)10(11(28-29)14(25)30)15-26-8(3-23)9(4-24)27-15/h1-2H,(H2,25,30)(H,26,27). The fraction of sp³-hybridized carbons (Fsp3) is 0.0625. The molecule has 0 bridgehead atoms. The highest BCUT2D eigenvalue weighted by Crippen LogP contribution is 2.40. The zero-order valence-corrected chi connectivity index (χ0v) is 16.4. The molecule has 3 rings (SSSR count). The van der Waals surface area contributed by atoms with Crippen LogP contribution in [-0.4, -0.2) is 25.7 Å². The van der Waals surface area contributed by atoms with E-state index < -0.39 is 33.4 Å². The molecule has 0 fully saturated rings. The highest BCUT2D eigenvalue weighted by Gasteiger charge is 2.33. The van der Waals surface area contributed by atoms with Gasteiger partial charge in [0.1, 0.15) is 28.8 Å². The third-order valence-corrected chi connectivity index (χ3v) is 4.70. The van der Waals surface area contributed by atoms with E-state index in [4.69, 9.17) is 51.1 Å². The second-order valence-electron chi connectivity index (χ2n) is 5.61. The monoisotopic (exact) mass is 473 g/mol. The molecular weight excluding hydrogens is 470 g/mol. The van der Waals surface area contributed by atoms with Gasteiger partial charge in [0.25, 0.3) is 5.91 Å². The molecule has 3 aromatic rings. The van der Waals surface area contributed by atoms with Crippen molar-refractivity contribution in [2.45, 2.75) is 6.18 Å². The Labute approximate surface area is 180 Å². The normalized spacial score (nSPS) is 11.2. The zero-order valence-electron chi connectivity index (χ0n) is 14.1. The number of hydrogen-bond acceptors (Lipinski definition) is 5. The number of carbonyl (C=O) groups excluding carboxylic acids is 1. The number of aromatic nitrogens is 4. The number of halogens is 6. The molecule has 8 nitrogen and oxygen atoms in total. The third-order valence-electron chi connectivity index (χ3n) is 3.78.